The minimum atomic E-state index is -0.236. The quantitative estimate of drug-likeness (QED) is 0.846. The molecule has 23 heavy (non-hydrogen) atoms. The van der Waals surface area contributed by atoms with Crippen molar-refractivity contribution in [3.05, 3.63) is 30.1 Å². The number of piperidine rings is 1. The summed E-state index contributed by atoms with van der Waals surface area (Å²) in [5.74, 6) is -0.236. The maximum Gasteiger partial charge on any atom is 0.317 e. The van der Waals surface area contributed by atoms with Gasteiger partial charge in [-0.1, -0.05) is 12.1 Å². The van der Waals surface area contributed by atoms with Crippen molar-refractivity contribution in [1.29, 1.82) is 0 Å². The predicted octanol–water partition coefficient (Wildman–Crippen LogP) is 2.84. The third kappa shape index (κ3) is 5.39. The van der Waals surface area contributed by atoms with Crippen LogP contribution in [0.3, 0.4) is 0 Å². The predicted molar refractivity (Wildman–Crippen MR) is 89.1 cm³/mol. The number of halogens is 1. The van der Waals surface area contributed by atoms with Crippen LogP contribution in [0.4, 0.5) is 14.9 Å². The van der Waals surface area contributed by atoms with Gasteiger partial charge in [-0.3, -0.25) is 0 Å². The molecular weight excluding hydrogens is 297 g/mol. The number of carbonyl (C=O) groups is 1. The number of urea groups is 1. The molecule has 1 aliphatic rings. The first-order valence-corrected chi connectivity index (χ1v) is 8.15. The smallest absolute Gasteiger partial charge is 0.317 e. The highest BCUT2D eigenvalue weighted by Crippen LogP contribution is 2.19. The van der Waals surface area contributed by atoms with Gasteiger partial charge >= 0.3 is 6.03 Å². The second kappa shape index (κ2) is 8.72. The van der Waals surface area contributed by atoms with Crippen molar-refractivity contribution in [1.82, 2.24) is 10.2 Å². The molecule has 128 valence electrons. The Morgan fingerprint density at radius 1 is 1.39 bits per heavy atom. The molecule has 6 heteroatoms. The number of amides is 2. The molecule has 1 heterocycles. The van der Waals surface area contributed by atoms with E-state index in [2.05, 4.69) is 10.6 Å². The van der Waals surface area contributed by atoms with Crippen LogP contribution in [-0.4, -0.2) is 49.8 Å². The van der Waals surface area contributed by atoms with E-state index < -0.39 is 0 Å². The molecule has 1 aromatic rings. The summed E-state index contributed by atoms with van der Waals surface area (Å²) in [6.45, 7) is 3.96. The van der Waals surface area contributed by atoms with Crippen molar-refractivity contribution in [2.24, 2.45) is 0 Å². The first-order valence-electron chi connectivity index (χ1n) is 8.15. The van der Waals surface area contributed by atoms with E-state index in [0.717, 1.165) is 19.3 Å². The van der Waals surface area contributed by atoms with Gasteiger partial charge in [0.25, 0.3) is 0 Å². The van der Waals surface area contributed by atoms with Crippen molar-refractivity contribution in [2.45, 2.75) is 38.3 Å². The molecule has 0 aliphatic carbocycles. The van der Waals surface area contributed by atoms with Crippen molar-refractivity contribution < 1.29 is 13.9 Å². The van der Waals surface area contributed by atoms with Gasteiger partial charge in [-0.15, -0.1) is 0 Å². The van der Waals surface area contributed by atoms with E-state index >= 15 is 0 Å². The van der Waals surface area contributed by atoms with Crippen molar-refractivity contribution >= 4 is 11.7 Å². The van der Waals surface area contributed by atoms with Gasteiger partial charge in [0, 0.05) is 38.9 Å². The van der Waals surface area contributed by atoms with Crippen molar-refractivity contribution in [2.75, 3.05) is 32.1 Å². The second-order valence-electron chi connectivity index (χ2n) is 6.02. The molecule has 0 aromatic heterocycles. The highest BCUT2D eigenvalue weighted by molar-refractivity contribution is 5.74. The fourth-order valence-corrected chi connectivity index (χ4v) is 2.69. The van der Waals surface area contributed by atoms with Gasteiger partial charge in [-0.05, 0) is 38.3 Å². The normalized spacial score (nSPS) is 16.9. The number of nitrogens with one attached hydrogen (secondary N) is 2. The highest BCUT2D eigenvalue weighted by Gasteiger charge is 2.23. The van der Waals surface area contributed by atoms with E-state index in [9.17, 15) is 9.18 Å². The van der Waals surface area contributed by atoms with E-state index in [1.807, 2.05) is 17.9 Å². The van der Waals surface area contributed by atoms with E-state index in [1.165, 1.54) is 6.07 Å². The van der Waals surface area contributed by atoms with Crippen LogP contribution in [0.2, 0.25) is 0 Å². The molecule has 1 aliphatic heterocycles. The number of hydrogen-bond donors (Lipinski definition) is 2. The summed E-state index contributed by atoms with van der Waals surface area (Å²) in [5.41, 5.74) is 0.531. The van der Waals surface area contributed by atoms with Crippen LogP contribution in [-0.2, 0) is 4.74 Å². The number of hydrogen-bond acceptors (Lipinski definition) is 3. The van der Waals surface area contributed by atoms with E-state index in [4.69, 9.17) is 4.74 Å². The van der Waals surface area contributed by atoms with Crippen LogP contribution < -0.4 is 10.6 Å². The van der Waals surface area contributed by atoms with Crippen LogP contribution in [0.1, 0.15) is 26.2 Å². The number of benzene rings is 1. The minimum absolute atomic E-state index is 0.0297. The monoisotopic (exact) mass is 323 g/mol. The third-order valence-electron chi connectivity index (χ3n) is 4.14. The molecule has 0 saturated carbocycles. The molecule has 2 amide bonds. The zero-order chi connectivity index (χ0) is 16.7. The highest BCUT2D eigenvalue weighted by atomic mass is 19.1. The Labute approximate surface area is 137 Å². The van der Waals surface area contributed by atoms with Gasteiger partial charge in [0.1, 0.15) is 5.82 Å². The molecule has 0 radical (unpaired) electrons. The Hall–Kier alpha value is -1.82. The maximum atomic E-state index is 13.6. The average Bonchev–Trinajstić information content (AvgIpc) is 2.55. The number of nitrogens with zero attached hydrogens (tertiary/aromatic N) is 1. The fourth-order valence-electron chi connectivity index (χ4n) is 2.69. The standard InChI is InChI=1S/C17H26FN3O2/c1-13(9-12-23-2)19-17(22)21-10-7-14(8-11-21)20-16-6-4-3-5-15(16)18/h3-6,13-14,20H,7-12H2,1-2H3,(H,19,22)/t13-/m1/s1. The van der Waals surface area contributed by atoms with Crippen LogP contribution >= 0.6 is 0 Å². The maximum absolute atomic E-state index is 13.6. The van der Waals surface area contributed by atoms with E-state index in [1.54, 1.807) is 19.2 Å². The number of rotatable bonds is 6. The lowest BCUT2D eigenvalue weighted by Gasteiger charge is -2.33. The largest absolute Gasteiger partial charge is 0.385 e. The summed E-state index contributed by atoms with van der Waals surface area (Å²) < 4.78 is 18.7. The Morgan fingerprint density at radius 3 is 2.74 bits per heavy atom. The Kier molecular flexibility index (Phi) is 6.65. The van der Waals surface area contributed by atoms with Crippen molar-refractivity contribution in [3.63, 3.8) is 0 Å². The molecule has 2 rings (SSSR count). The molecule has 1 atom stereocenters. The summed E-state index contributed by atoms with van der Waals surface area (Å²) in [5, 5.41) is 6.21. The number of para-hydroxylation sites is 1. The molecule has 1 fully saturated rings. The second-order valence-corrected chi connectivity index (χ2v) is 6.02. The number of carbonyl (C=O) groups excluding carboxylic acids is 1. The molecule has 1 aromatic carbocycles. The molecule has 5 nitrogen and oxygen atoms in total. The fraction of sp³-hybridized carbons (Fsp3) is 0.588. The van der Waals surface area contributed by atoms with Crippen LogP contribution in [0.15, 0.2) is 24.3 Å². The lowest BCUT2D eigenvalue weighted by atomic mass is 10.0. The summed E-state index contributed by atoms with van der Waals surface area (Å²) >= 11 is 0. The Balaban J connectivity index is 1.75. The molecule has 2 N–H and O–H groups in total. The molecule has 1 saturated heterocycles. The Bertz CT molecular complexity index is 504. The average molecular weight is 323 g/mol. The molecule has 0 unspecified atom stereocenters. The third-order valence-corrected chi connectivity index (χ3v) is 4.14. The first-order chi connectivity index (χ1) is 11.1. The van der Waals surface area contributed by atoms with Crippen molar-refractivity contribution in [3.8, 4) is 0 Å². The topological polar surface area (TPSA) is 53.6 Å². The zero-order valence-electron chi connectivity index (χ0n) is 13.8. The van der Waals surface area contributed by atoms with Gasteiger partial charge < -0.3 is 20.3 Å². The van der Waals surface area contributed by atoms with Crippen LogP contribution in [0, 0.1) is 5.82 Å². The van der Waals surface area contributed by atoms with Crippen LogP contribution in [0.5, 0.6) is 0 Å². The number of ether oxygens (including phenoxy) is 1. The number of methoxy groups -OCH3 is 1. The SMILES string of the molecule is COCC[C@@H](C)NC(=O)N1CCC(Nc2ccccc2F)CC1. The summed E-state index contributed by atoms with van der Waals surface area (Å²) in [7, 11) is 1.65. The van der Waals surface area contributed by atoms with Gasteiger partial charge in [-0.25, -0.2) is 9.18 Å². The summed E-state index contributed by atoms with van der Waals surface area (Å²) in [6.07, 6.45) is 2.43. The molecule has 0 spiro atoms. The van der Waals surface area contributed by atoms with Gasteiger partial charge in [0.2, 0.25) is 0 Å². The Morgan fingerprint density at radius 2 is 2.09 bits per heavy atom. The summed E-state index contributed by atoms with van der Waals surface area (Å²) in [4.78, 5) is 14.0. The lowest BCUT2D eigenvalue weighted by Crippen LogP contribution is -2.49. The number of anilines is 1. The number of likely N-dealkylation sites (tertiary alicyclic amines) is 1. The minimum Gasteiger partial charge on any atom is -0.385 e. The van der Waals surface area contributed by atoms with E-state index in [-0.39, 0.29) is 23.9 Å². The molecular formula is C17H26FN3O2. The molecule has 0 bridgehead atoms. The van der Waals surface area contributed by atoms with E-state index in [0.29, 0.717) is 25.4 Å². The van der Waals surface area contributed by atoms with Gasteiger partial charge in [0.15, 0.2) is 0 Å². The van der Waals surface area contributed by atoms with Crippen LogP contribution in [0.25, 0.3) is 0 Å². The van der Waals surface area contributed by atoms with Gasteiger partial charge in [-0.2, -0.15) is 0 Å². The first kappa shape index (κ1) is 17.5. The zero-order valence-corrected chi connectivity index (χ0v) is 13.8. The van der Waals surface area contributed by atoms with Gasteiger partial charge in [0.05, 0.1) is 5.69 Å². The lowest BCUT2D eigenvalue weighted by molar-refractivity contribution is 0.168. The summed E-state index contributed by atoms with van der Waals surface area (Å²) in [6, 6.07) is 6.95.